The number of nitrogens with zero attached hydrogens (tertiary/aromatic N) is 4. The lowest BCUT2D eigenvalue weighted by molar-refractivity contribution is 0.0116. The predicted octanol–water partition coefficient (Wildman–Crippen LogP) is 2.27. The molecule has 6 heteroatoms. The monoisotopic (exact) mass is 367 g/mol. The summed E-state index contributed by atoms with van der Waals surface area (Å²) in [6.45, 7) is 11.3. The zero-order valence-electron chi connectivity index (χ0n) is 16.3. The van der Waals surface area contributed by atoms with E-state index in [4.69, 9.17) is 4.74 Å². The third kappa shape index (κ3) is 4.57. The normalized spacial score (nSPS) is 18.6. The molecule has 2 saturated heterocycles. The van der Waals surface area contributed by atoms with Crippen molar-refractivity contribution >= 4 is 5.82 Å². The summed E-state index contributed by atoms with van der Waals surface area (Å²) in [5.74, 6) is 2.14. The number of piperazine rings is 1. The Bertz CT molecular complexity index is 719. The number of benzene rings is 1. The van der Waals surface area contributed by atoms with Crippen LogP contribution in [-0.4, -0.2) is 60.2 Å². The maximum Gasteiger partial charge on any atom is 0.232 e. The van der Waals surface area contributed by atoms with Crippen LogP contribution < -0.4 is 15.0 Å². The standard InChI is InChI=1S/C21H29N5O/c1-16(2)18-5-3-17(4-6-18)13-25-14-19(15-25)27-21-12-23-20(11-24-21)26-9-7-22-8-10-26/h3-6,11-12,16,19,22H,7-10,13-15H2,1-2H3. The van der Waals surface area contributed by atoms with Gasteiger partial charge in [-0.25, -0.2) is 9.97 Å². The number of hydrogen-bond donors (Lipinski definition) is 1. The Labute approximate surface area is 161 Å². The van der Waals surface area contributed by atoms with Crippen molar-refractivity contribution in [2.24, 2.45) is 0 Å². The van der Waals surface area contributed by atoms with Crippen LogP contribution in [0.1, 0.15) is 30.9 Å². The maximum absolute atomic E-state index is 5.97. The number of hydrogen-bond acceptors (Lipinski definition) is 6. The largest absolute Gasteiger partial charge is 0.471 e. The lowest BCUT2D eigenvalue weighted by Crippen LogP contribution is -2.53. The Morgan fingerprint density at radius 3 is 2.44 bits per heavy atom. The van der Waals surface area contributed by atoms with Crippen molar-refractivity contribution < 1.29 is 4.74 Å². The van der Waals surface area contributed by atoms with Gasteiger partial charge in [-0.3, -0.25) is 4.90 Å². The molecule has 0 atom stereocenters. The molecule has 2 fully saturated rings. The number of aromatic nitrogens is 2. The molecule has 27 heavy (non-hydrogen) atoms. The minimum atomic E-state index is 0.208. The Hall–Kier alpha value is -2.18. The van der Waals surface area contributed by atoms with Crippen molar-refractivity contribution in [2.45, 2.75) is 32.4 Å². The highest BCUT2D eigenvalue weighted by Crippen LogP contribution is 2.21. The van der Waals surface area contributed by atoms with Gasteiger partial charge >= 0.3 is 0 Å². The third-order valence-corrected chi connectivity index (χ3v) is 5.32. The minimum absolute atomic E-state index is 0.208. The van der Waals surface area contributed by atoms with Crippen molar-refractivity contribution in [3.63, 3.8) is 0 Å². The fraction of sp³-hybridized carbons (Fsp3) is 0.524. The van der Waals surface area contributed by atoms with Gasteiger partial charge in [0.2, 0.25) is 5.88 Å². The number of nitrogens with one attached hydrogen (secondary N) is 1. The van der Waals surface area contributed by atoms with Crippen LogP contribution in [-0.2, 0) is 6.54 Å². The molecule has 0 aliphatic carbocycles. The maximum atomic E-state index is 5.97. The second-order valence-corrected chi connectivity index (χ2v) is 7.78. The summed E-state index contributed by atoms with van der Waals surface area (Å²) >= 11 is 0. The van der Waals surface area contributed by atoms with E-state index in [0.29, 0.717) is 11.8 Å². The molecule has 6 nitrogen and oxygen atoms in total. The first-order valence-electron chi connectivity index (χ1n) is 9.93. The molecule has 1 aromatic heterocycles. The lowest BCUT2D eigenvalue weighted by atomic mass is 10.0. The van der Waals surface area contributed by atoms with E-state index in [-0.39, 0.29) is 6.10 Å². The summed E-state index contributed by atoms with van der Waals surface area (Å²) in [7, 11) is 0. The molecule has 1 N–H and O–H groups in total. The van der Waals surface area contributed by atoms with Gasteiger partial charge in [0.1, 0.15) is 11.9 Å². The second kappa shape index (κ2) is 8.23. The smallest absolute Gasteiger partial charge is 0.232 e. The molecule has 2 aliphatic heterocycles. The van der Waals surface area contributed by atoms with E-state index in [2.05, 4.69) is 63.2 Å². The van der Waals surface area contributed by atoms with E-state index < -0.39 is 0 Å². The quantitative estimate of drug-likeness (QED) is 0.845. The van der Waals surface area contributed by atoms with Gasteiger partial charge in [0.05, 0.1) is 12.4 Å². The van der Waals surface area contributed by atoms with Gasteiger partial charge in [-0.05, 0) is 17.0 Å². The first-order valence-corrected chi connectivity index (χ1v) is 9.93. The van der Waals surface area contributed by atoms with E-state index in [1.807, 2.05) is 6.20 Å². The van der Waals surface area contributed by atoms with Crippen molar-refractivity contribution in [2.75, 3.05) is 44.2 Å². The van der Waals surface area contributed by atoms with Crippen LogP contribution in [0.15, 0.2) is 36.7 Å². The highest BCUT2D eigenvalue weighted by Gasteiger charge is 2.28. The molecule has 144 valence electrons. The van der Waals surface area contributed by atoms with Crippen molar-refractivity contribution in [3.05, 3.63) is 47.8 Å². The van der Waals surface area contributed by atoms with E-state index in [1.165, 1.54) is 11.1 Å². The zero-order chi connectivity index (χ0) is 18.6. The SMILES string of the molecule is CC(C)c1ccc(CN2CC(Oc3cnc(N4CCNCC4)cn3)C2)cc1. The number of anilines is 1. The number of rotatable bonds is 6. The summed E-state index contributed by atoms with van der Waals surface area (Å²) in [6.07, 6.45) is 3.79. The molecule has 4 rings (SSSR count). The van der Waals surface area contributed by atoms with Gasteiger partial charge < -0.3 is 15.0 Å². The van der Waals surface area contributed by atoms with E-state index in [0.717, 1.165) is 51.6 Å². The third-order valence-electron chi connectivity index (χ3n) is 5.32. The van der Waals surface area contributed by atoms with Crippen LogP contribution in [0.2, 0.25) is 0 Å². The first kappa shape index (κ1) is 18.2. The Balaban J connectivity index is 1.23. The molecular formula is C21H29N5O. The van der Waals surface area contributed by atoms with E-state index >= 15 is 0 Å². The van der Waals surface area contributed by atoms with Crippen LogP contribution in [0.4, 0.5) is 5.82 Å². The first-order chi connectivity index (χ1) is 13.2. The number of ether oxygens (including phenoxy) is 1. The molecule has 0 bridgehead atoms. The van der Waals surface area contributed by atoms with E-state index in [1.54, 1.807) is 6.20 Å². The fourth-order valence-electron chi connectivity index (χ4n) is 3.59. The molecule has 3 heterocycles. The van der Waals surface area contributed by atoms with Gasteiger partial charge in [0.25, 0.3) is 0 Å². The lowest BCUT2D eigenvalue weighted by Gasteiger charge is -2.38. The van der Waals surface area contributed by atoms with Crippen molar-refractivity contribution in [1.29, 1.82) is 0 Å². The molecule has 2 aliphatic rings. The average Bonchev–Trinajstić information content (AvgIpc) is 2.68. The van der Waals surface area contributed by atoms with E-state index in [9.17, 15) is 0 Å². The van der Waals surface area contributed by atoms with Crippen molar-refractivity contribution in [1.82, 2.24) is 20.2 Å². The molecule has 0 amide bonds. The summed E-state index contributed by atoms with van der Waals surface area (Å²) in [5, 5.41) is 3.35. The minimum Gasteiger partial charge on any atom is -0.471 e. The number of likely N-dealkylation sites (tertiary alicyclic amines) is 1. The molecular weight excluding hydrogens is 338 g/mol. The average molecular weight is 367 g/mol. The van der Waals surface area contributed by atoms with Crippen LogP contribution in [0.3, 0.4) is 0 Å². The molecule has 2 aromatic rings. The Morgan fingerprint density at radius 1 is 1.07 bits per heavy atom. The topological polar surface area (TPSA) is 53.5 Å². The summed E-state index contributed by atoms with van der Waals surface area (Å²) in [6, 6.07) is 8.96. The van der Waals surface area contributed by atoms with Crippen LogP contribution in [0, 0.1) is 0 Å². The molecule has 0 radical (unpaired) electrons. The Morgan fingerprint density at radius 2 is 1.81 bits per heavy atom. The second-order valence-electron chi connectivity index (χ2n) is 7.78. The highest BCUT2D eigenvalue weighted by molar-refractivity contribution is 5.37. The molecule has 0 saturated carbocycles. The van der Waals surface area contributed by atoms with Gasteiger partial charge in [-0.2, -0.15) is 0 Å². The van der Waals surface area contributed by atoms with Crippen LogP contribution in [0.25, 0.3) is 0 Å². The van der Waals surface area contributed by atoms with Gasteiger partial charge in [-0.1, -0.05) is 38.1 Å². The predicted molar refractivity (Wildman–Crippen MR) is 107 cm³/mol. The van der Waals surface area contributed by atoms with Crippen molar-refractivity contribution in [3.8, 4) is 5.88 Å². The van der Waals surface area contributed by atoms with Gasteiger partial charge in [-0.15, -0.1) is 0 Å². The molecule has 1 aromatic carbocycles. The molecule has 0 unspecified atom stereocenters. The summed E-state index contributed by atoms with van der Waals surface area (Å²) in [5.41, 5.74) is 2.75. The zero-order valence-corrected chi connectivity index (χ0v) is 16.3. The van der Waals surface area contributed by atoms with Crippen LogP contribution >= 0.6 is 0 Å². The molecule has 0 spiro atoms. The Kier molecular flexibility index (Phi) is 5.55. The van der Waals surface area contributed by atoms with Gasteiger partial charge in [0.15, 0.2) is 0 Å². The summed E-state index contributed by atoms with van der Waals surface area (Å²) < 4.78 is 5.97. The fourth-order valence-corrected chi connectivity index (χ4v) is 3.59. The highest BCUT2D eigenvalue weighted by atomic mass is 16.5. The van der Waals surface area contributed by atoms with Gasteiger partial charge in [0, 0.05) is 45.8 Å². The summed E-state index contributed by atoms with van der Waals surface area (Å²) in [4.78, 5) is 13.6. The van der Waals surface area contributed by atoms with Crippen LogP contribution in [0.5, 0.6) is 5.88 Å².